The summed E-state index contributed by atoms with van der Waals surface area (Å²) < 4.78 is 0. The van der Waals surface area contributed by atoms with Gasteiger partial charge in [-0.1, -0.05) is 18.0 Å². The average molecular weight is 267 g/mol. The Balaban J connectivity index is 2.03. The first-order chi connectivity index (χ1) is 8.56. The van der Waals surface area contributed by atoms with Crippen molar-refractivity contribution in [2.75, 3.05) is 10.6 Å². The van der Waals surface area contributed by atoms with Crippen LogP contribution in [0.4, 0.5) is 11.4 Å². The van der Waals surface area contributed by atoms with E-state index in [0.717, 1.165) is 19.3 Å². The second-order valence-electron chi connectivity index (χ2n) is 4.49. The molecule has 1 aromatic carbocycles. The summed E-state index contributed by atoms with van der Waals surface area (Å²) in [6.07, 6.45) is 3.05. The van der Waals surface area contributed by atoms with Crippen LogP contribution in [0.25, 0.3) is 0 Å². The molecule has 0 spiro atoms. The van der Waals surface area contributed by atoms with Gasteiger partial charge in [-0.05, 0) is 31.0 Å². The number of carbonyl (C=O) groups is 2. The molecule has 0 aromatic heterocycles. The highest BCUT2D eigenvalue weighted by molar-refractivity contribution is 6.34. The molecule has 0 bridgehead atoms. The SMILES string of the molecule is CC(=O)Nc1ccc(NC(=O)C2CCC2)cc1Cl. The van der Waals surface area contributed by atoms with E-state index in [1.807, 2.05) is 0 Å². The third-order valence-corrected chi connectivity index (χ3v) is 3.34. The zero-order valence-corrected chi connectivity index (χ0v) is 10.9. The zero-order chi connectivity index (χ0) is 13.1. The molecular weight excluding hydrogens is 252 g/mol. The lowest BCUT2D eigenvalue weighted by molar-refractivity contribution is -0.122. The van der Waals surface area contributed by atoms with Gasteiger partial charge in [-0.3, -0.25) is 9.59 Å². The molecule has 5 heteroatoms. The average Bonchev–Trinajstić information content (AvgIpc) is 2.18. The van der Waals surface area contributed by atoms with E-state index in [0.29, 0.717) is 16.4 Å². The molecule has 18 heavy (non-hydrogen) atoms. The van der Waals surface area contributed by atoms with Crippen molar-refractivity contribution in [1.82, 2.24) is 0 Å². The van der Waals surface area contributed by atoms with Gasteiger partial charge >= 0.3 is 0 Å². The first-order valence-electron chi connectivity index (χ1n) is 5.94. The van der Waals surface area contributed by atoms with Crippen molar-refractivity contribution in [3.05, 3.63) is 23.2 Å². The largest absolute Gasteiger partial charge is 0.326 e. The van der Waals surface area contributed by atoms with Crippen LogP contribution in [-0.2, 0) is 9.59 Å². The number of halogens is 1. The molecule has 0 atom stereocenters. The molecule has 1 aliphatic rings. The number of nitrogens with one attached hydrogen (secondary N) is 2. The van der Waals surface area contributed by atoms with Crippen molar-refractivity contribution in [3.63, 3.8) is 0 Å². The molecule has 1 saturated carbocycles. The van der Waals surface area contributed by atoms with Crippen molar-refractivity contribution in [1.29, 1.82) is 0 Å². The molecule has 2 rings (SSSR count). The number of benzene rings is 1. The van der Waals surface area contributed by atoms with Crippen LogP contribution in [0.2, 0.25) is 5.02 Å². The molecular formula is C13H15ClN2O2. The van der Waals surface area contributed by atoms with Gasteiger partial charge in [-0.25, -0.2) is 0 Å². The molecule has 0 aliphatic heterocycles. The van der Waals surface area contributed by atoms with Crippen LogP contribution in [0.15, 0.2) is 18.2 Å². The van der Waals surface area contributed by atoms with E-state index in [1.54, 1.807) is 18.2 Å². The maximum atomic E-state index is 11.7. The summed E-state index contributed by atoms with van der Waals surface area (Å²) in [4.78, 5) is 22.7. The molecule has 1 aromatic rings. The van der Waals surface area contributed by atoms with Crippen molar-refractivity contribution < 1.29 is 9.59 Å². The van der Waals surface area contributed by atoms with E-state index < -0.39 is 0 Å². The van der Waals surface area contributed by atoms with Crippen molar-refractivity contribution >= 4 is 34.8 Å². The smallest absolute Gasteiger partial charge is 0.227 e. The van der Waals surface area contributed by atoms with E-state index in [2.05, 4.69) is 10.6 Å². The number of anilines is 2. The number of rotatable bonds is 3. The Morgan fingerprint density at radius 1 is 1.28 bits per heavy atom. The Morgan fingerprint density at radius 3 is 2.50 bits per heavy atom. The highest BCUT2D eigenvalue weighted by atomic mass is 35.5. The second-order valence-corrected chi connectivity index (χ2v) is 4.90. The molecule has 2 amide bonds. The van der Waals surface area contributed by atoms with Gasteiger partial charge in [0.15, 0.2) is 0 Å². The minimum atomic E-state index is -0.178. The van der Waals surface area contributed by atoms with Gasteiger partial charge in [0.05, 0.1) is 10.7 Å². The number of amides is 2. The molecule has 4 nitrogen and oxygen atoms in total. The molecule has 0 saturated heterocycles. The van der Waals surface area contributed by atoms with Crippen LogP contribution >= 0.6 is 11.6 Å². The number of carbonyl (C=O) groups excluding carboxylic acids is 2. The minimum Gasteiger partial charge on any atom is -0.326 e. The van der Waals surface area contributed by atoms with Crippen LogP contribution in [0.3, 0.4) is 0 Å². The second kappa shape index (κ2) is 5.40. The van der Waals surface area contributed by atoms with Gasteiger partial charge in [0.25, 0.3) is 0 Å². The van der Waals surface area contributed by atoms with Crippen molar-refractivity contribution in [2.24, 2.45) is 5.92 Å². The van der Waals surface area contributed by atoms with Gasteiger partial charge in [-0.2, -0.15) is 0 Å². The Morgan fingerprint density at radius 2 is 2.00 bits per heavy atom. The predicted octanol–water partition coefficient (Wildman–Crippen LogP) is 3.04. The lowest BCUT2D eigenvalue weighted by Gasteiger charge is -2.24. The summed E-state index contributed by atoms with van der Waals surface area (Å²) in [6.45, 7) is 1.42. The Kier molecular flexibility index (Phi) is 3.87. The summed E-state index contributed by atoms with van der Waals surface area (Å²) in [5, 5.41) is 5.86. The highest BCUT2D eigenvalue weighted by Gasteiger charge is 2.25. The maximum Gasteiger partial charge on any atom is 0.227 e. The Hall–Kier alpha value is -1.55. The summed E-state index contributed by atoms with van der Waals surface area (Å²) in [7, 11) is 0. The standard InChI is InChI=1S/C13H15ClN2O2/c1-8(17)15-12-6-5-10(7-11(12)14)16-13(18)9-3-2-4-9/h5-7,9H,2-4H2,1H3,(H,15,17)(H,16,18). The fourth-order valence-corrected chi connectivity index (χ4v) is 2.03. The van der Waals surface area contributed by atoms with Gasteiger partial charge in [0.1, 0.15) is 0 Å². The van der Waals surface area contributed by atoms with Crippen LogP contribution < -0.4 is 10.6 Å². The van der Waals surface area contributed by atoms with Gasteiger partial charge in [-0.15, -0.1) is 0 Å². The fraction of sp³-hybridized carbons (Fsp3) is 0.385. The van der Waals surface area contributed by atoms with Crippen molar-refractivity contribution in [2.45, 2.75) is 26.2 Å². The molecule has 0 unspecified atom stereocenters. The van der Waals surface area contributed by atoms with Crippen molar-refractivity contribution in [3.8, 4) is 0 Å². The lowest BCUT2D eigenvalue weighted by Crippen LogP contribution is -2.28. The lowest BCUT2D eigenvalue weighted by atomic mass is 9.85. The molecule has 1 fully saturated rings. The van der Waals surface area contributed by atoms with E-state index in [-0.39, 0.29) is 17.7 Å². The highest BCUT2D eigenvalue weighted by Crippen LogP contribution is 2.29. The molecule has 96 valence electrons. The third kappa shape index (κ3) is 3.01. The molecule has 2 N–H and O–H groups in total. The molecule has 1 aliphatic carbocycles. The third-order valence-electron chi connectivity index (χ3n) is 3.02. The topological polar surface area (TPSA) is 58.2 Å². The molecule has 0 heterocycles. The Bertz CT molecular complexity index is 484. The van der Waals surface area contributed by atoms with E-state index >= 15 is 0 Å². The summed E-state index contributed by atoms with van der Waals surface area (Å²) >= 11 is 6.02. The molecule has 0 radical (unpaired) electrons. The van der Waals surface area contributed by atoms with E-state index in [4.69, 9.17) is 11.6 Å². The number of hydrogen-bond donors (Lipinski definition) is 2. The zero-order valence-electron chi connectivity index (χ0n) is 10.1. The van der Waals surface area contributed by atoms with Gasteiger partial charge in [0.2, 0.25) is 11.8 Å². The first-order valence-corrected chi connectivity index (χ1v) is 6.32. The maximum absolute atomic E-state index is 11.7. The van der Waals surface area contributed by atoms with Crippen LogP contribution in [0, 0.1) is 5.92 Å². The quantitative estimate of drug-likeness (QED) is 0.883. The van der Waals surface area contributed by atoms with Crippen LogP contribution in [0.1, 0.15) is 26.2 Å². The minimum absolute atomic E-state index is 0.0459. The van der Waals surface area contributed by atoms with Crippen LogP contribution in [0.5, 0.6) is 0 Å². The van der Waals surface area contributed by atoms with E-state index in [9.17, 15) is 9.59 Å². The van der Waals surface area contributed by atoms with Gasteiger partial charge < -0.3 is 10.6 Å². The number of hydrogen-bond acceptors (Lipinski definition) is 2. The van der Waals surface area contributed by atoms with Crippen LogP contribution in [-0.4, -0.2) is 11.8 Å². The summed E-state index contributed by atoms with van der Waals surface area (Å²) in [5.74, 6) is 0.00606. The summed E-state index contributed by atoms with van der Waals surface area (Å²) in [5.41, 5.74) is 1.21. The monoisotopic (exact) mass is 266 g/mol. The van der Waals surface area contributed by atoms with E-state index in [1.165, 1.54) is 6.92 Å². The predicted molar refractivity (Wildman–Crippen MR) is 71.7 cm³/mol. The summed E-state index contributed by atoms with van der Waals surface area (Å²) in [6, 6.07) is 5.05. The Labute approximate surface area is 111 Å². The van der Waals surface area contributed by atoms with Gasteiger partial charge in [0, 0.05) is 18.5 Å². The fourth-order valence-electron chi connectivity index (χ4n) is 1.80. The first kappa shape index (κ1) is 12.9. The normalized spacial score (nSPS) is 14.8.